The number of aromatic nitrogens is 2. The first-order valence-corrected chi connectivity index (χ1v) is 7.01. The van der Waals surface area contributed by atoms with E-state index < -0.39 is 13.0 Å². The van der Waals surface area contributed by atoms with Gasteiger partial charge in [-0.05, 0) is 6.07 Å². The Hall–Kier alpha value is -2.09. The van der Waals surface area contributed by atoms with Gasteiger partial charge in [0, 0.05) is 18.5 Å². The third kappa shape index (κ3) is 4.45. The third-order valence-corrected chi connectivity index (χ3v) is 3.16. The second-order valence-electron chi connectivity index (χ2n) is 4.20. The summed E-state index contributed by atoms with van der Waals surface area (Å²) in [5.41, 5.74) is 2.60. The fourth-order valence-electron chi connectivity index (χ4n) is 1.59. The van der Waals surface area contributed by atoms with Gasteiger partial charge in [-0.25, -0.2) is 18.7 Å². The maximum absolute atomic E-state index is 12.2. The molecule has 0 atom stereocenters. The highest BCUT2D eigenvalue weighted by atomic mass is 32.1. The molecule has 2 heterocycles. The van der Waals surface area contributed by atoms with E-state index >= 15 is 0 Å². The lowest BCUT2D eigenvalue weighted by Gasteiger charge is -2.15. The van der Waals surface area contributed by atoms with Crippen LogP contribution in [-0.4, -0.2) is 40.9 Å². The van der Waals surface area contributed by atoms with Gasteiger partial charge in [-0.2, -0.15) is 0 Å². The molecule has 0 aromatic carbocycles. The minimum Gasteiger partial charge on any atom is -0.472 e. The molecule has 2 aromatic heterocycles. The molecule has 0 spiro atoms. The first-order valence-electron chi connectivity index (χ1n) is 6.07. The van der Waals surface area contributed by atoms with Gasteiger partial charge in [0.25, 0.3) is 12.3 Å². The van der Waals surface area contributed by atoms with E-state index in [1.165, 1.54) is 34.4 Å². The number of thiazole rings is 1. The summed E-state index contributed by atoms with van der Waals surface area (Å²) in [6.07, 6.45) is -2.58. The molecule has 0 bridgehead atoms. The average Bonchev–Trinajstić information content (AvgIpc) is 2.97. The number of carbonyl (C=O) groups is 1. The number of rotatable bonds is 6. The van der Waals surface area contributed by atoms with E-state index in [4.69, 9.17) is 4.74 Å². The summed E-state index contributed by atoms with van der Waals surface area (Å²) in [5, 5.41) is 1.85. The molecule has 0 radical (unpaired) electrons. The summed E-state index contributed by atoms with van der Waals surface area (Å²) in [5.74, 6) is -0.325. The second kappa shape index (κ2) is 7.07. The molecular weight excluding hydrogens is 300 g/mol. The molecule has 2 aromatic rings. The zero-order valence-electron chi connectivity index (χ0n) is 11.2. The van der Waals surface area contributed by atoms with Gasteiger partial charge in [0.1, 0.15) is 5.69 Å². The van der Waals surface area contributed by atoms with E-state index in [-0.39, 0.29) is 17.5 Å². The minimum atomic E-state index is -2.58. The van der Waals surface area contributed by atoms with Crippen molar-refractivity contribution in [3.63, 3.8) is 0 Å². The maximum Gasteiger partial charge on any atom is 0.272 e. The lowest BCUT2D eigenvalue weighted by molar-refractivity contribution is 0.0759. The molecule has 5 nitrogen and oxygen atoms in total. The van der Waals surface area contributed by atoms with Gasteiger partial charge in [-0.3, -0.25) is 4.79 Å². The van der Waals surface area contributed by atoms with Crippen LogP contribution < -0.4 is 4.74 Å². The average molecular weight is 313 g/mol. The second-order valence-corrected chi connectivity index (χ2v) is 4.92. The number of alkyl halides is 2. The molecular formula is C13H13F2N3O2S. The van der Waals surface area contributed by atoms with Crippen LogP contribution in [-0.2, 0) is 6.54 Å². The topological polar surface area (TPSA) is 55.3 Å². The van der Waals surface area contributed by atoms with Crippen LogP contribution >= 0.6 is 11.3 Å². The van der Waals surface area contributed by atoms with E-state index in [1.807, 2.05) is 5.38 Å². The van der Waals surface area contributed by atoms with Gasteiger partial charge in [0.15, 0.2) is 6.61 Å². The number of hydrogen-bond donors (Lipinski definition) is 0. The van der Waals surface area contributed by atoms with Gasteiger partial charge in [-0.1, -0.05) is 6.07 Å². The Morgan fingerprint density at radius 2 is 2.29 bits per heavy atom. The molecule has 0 aliphatic heterocycles. The molecule has 1 amide bonds. The van der Waals surface area contributed by atoms with Crippen molar-refractivity contribution in [2.24, 2.45) is 0 Å². The molecule has 0 aliphatic rings. The van der Waals surface area contributed by atoms with Crippen molar-refractivity contribution in [3.8, 4) is 5.88 Å². The summed E-state index contributed by atoms with van der Waals surface area (Å²) in [6.45, 7) is -0.397. The number of carbonyl (C=O) groups excluding carboxylic acids is 1. The maximum atomic E-state index is 12.2. The van der Waals surface area contributed by atoms with Crippen molar-refractivity contribution >= 4 is 17.2 Å². The van der Waals surface area contributed by atoms with E-state index in [2.05, 4.69) is 9.97 Å². The molecule has 0 aliphatic carbocycles. The van der Waals surface area contributed by atoms with E-state index in [1.54, 1.807) is 12.6 Å². The minimum absolute atomic E-state index is 0.00297. The Morgan fingerprint density at radius 3 is 2.95 bits per heavy atom. The van der Waals surface area contributed by atoms with Crippen LogP contribution in [0.4, 0.5) is 8.78 Å². The summed E-state index contributed by atoms with van der Waals surface area (Å²) in [7, 11) is 1.62. The van der Waals surface area contributed by atoms with Gasteiger partial charge in [-0.15, -0.1) is 11.3 Å². The Labute approximate surface area is 124 Å². The molecule has 0 saturated heterocycles. The lowest BCUT2D eigenvalue weighted by atomic mass is 10.3. The lowest BCUT2D eigenvalue weighted by Crippen LogP contribution is -2.27. The highest BCUT2D eigenvalue weighted by Crippen LogP contribution is 2.12. The van der Waals surface area contributed by atoms with Crippen LogP contribution in [0.2, 0.25) is 0 Å². The Kier molecular flexibility index (Phi) is 5.15. The van der Waals surface area contributed by atoms with Crippen molar-refractivity contribution in [3.05, 3.63) is 40.5 Å². The van der Waals surface area contributed by atoms with E-state index in [0.717, 1.165) is 5.69 Å². The number of halogens is 2. The van der Waals surface area contributed by atoms with Gasteiger partial charge in [0.2, 0.25) is 5.88 Å². The largest absolute Gasteiger partial charge is 0.472 e. The molecule has 0 unspecified atom stereocenters. The van der Waals surface area contributed by atoms with Crippen molar-refractivity contribution in [1.29, 1.82) is 0 Å². The fourth-order valence-corrected chi connectivity index (χ4v) is 2.14. The number of hydrogen-bond acceptors (Lipinski definition) is 5. The molecule has 0 fully saturated rings. The molecule has 0 N–H and O–H groups in total. The smallest absolute Gasteiger partial charge is 0.272 e. The van der Waals surface area contributed by atoms with Crippen LogP contribution in [0.25, 0.3) is 0 Å². The van der Waals surface area contributed by atoms with Gasteiger partial charge in [0.05, 0.1) is 17.7 Å². The zero-order valence-corrected chi connectivity index (χ0v) is 12.0. The Balaban J connectivity index is 2.02. The van der Waals surface area contributed by atoms with Crippen LogP contribution in [0, 0.1) is 0 Å². The number of nitrogens with zero attached hydrogens (tertiary/aromatic N) is 3. The van der Waals surface area contributed by atoms with Crippen molar-refractivity contribution < 1.29 is 18.3 Å². The zero-order chi connectivity index (χ0) is 15.2. The summed E-state index contributed by atoms with van der Waals surface area (Å²) in [6, 6.07) is 4.48. The molecule has 21 heavy (non-hydrogen) atoms. The van der Waals surface area contributed by atoms with Crippen LogP contribution in [0.3, 0.4) is 0 Å². The number of amides is 1. The highest BCUT2D eigenvalue weighted by Gasteiger charge is 2.15. The predicted octanol–water partition coefficient (Wildman–Crippen LogP) is 2.45. The number of ether oxygens (including phenoxy) is 1. The molecule has 8 heteroatoms. The van der Waals surface area contributed by atoms with Crippen LogP contribution in [0.15, 0.2) is 29.1 Å². The van der Waals surface area contributed by atoms with Crippen molar-refractivity contribution in [2.75, 3.05) is 13.7 Å². The van der Waals surface area contributed by atoms with Crippen LogP contribution in [0.5, 0.6) is 5.88 Å². The first kappa shape index (κ1) is 15.3. The van der Waals surface area contributed by atoms with Crippen molar-refractivity contribution in [1.82, 2.24) is 14.9 Å². The summed E-state index contributed by atoms with van der Waals surface area (Å²) in [4.78, 5) is 21.7. The monoisotopic (exact) mass is 313 g/mol. The molecule has 2 rings (SSSR count). The quantitative estimate of drug-likeness (QED) is 0.822. The Morgan fingerprint density at radius 1 is 1.48 bits per heavy atom. The standard InChI is InChI=1S/C13H13F2N3O2S/c1-18(5-9-7-21-8-16-9)13(19)10-3-2-4-12(17-10)20-6-11(14)15/h2-4,7-8,11H,5-6H2,1H3. The highest BCUT2D eigenvalue weighted by molar-refractivity contribution is 7.07. The normalized spacial score (nSPS) is 10.7. The first-order chi connectivity index (χ1) is 10.1. The summed E-state index contributed by atoms with van der Waals surface area (Å²) < 4.78 is 29.0. The number of pyridine rings is 1. The predicted molar refractivity (Wildman–Crippen MR) is 73.6 cm³/mol. The van der Waals surface area contributed by atoms with Crippen LogP contribution in [0.1, 0.15) is 16.2 Å². The van der Waals surface area contributed by atoms with E-state index in [0.29, 0.717) is 6.54 Å². The molecule has 0 saturated carbocycles. The third-order valence-electron chi connectivity index (χ3n) is 2.53. The summed E-state index contributed by atoms with van der Waals surface area (Å²) >= 11 is 1.45. The fraction of sp³-hybridized carbons (Fsp3) is 0.308. The molecule has 112 valence electrons. The SMILES string of the molecule is CN(Cc1cscn1)C(=O)c1cccc(OCC(F)F)n1. The Bertz CT molecular complexity index is 593. The van der Waals surface area contributed by atoms with Crippen molar-refractivity contribution in [2.45, 2.75) is 13.0 Å². The van der Waals surface area contributed by atoms with E-state index in [9.17, 15) is 13.6 Å². The van der Waals surface area contributed by atoms with Gasteiger partial charge < -0.3 is 9.64 Å². The van der Waals surface area contributed by atoms with Gasteiger partial charge >= 0.3 is 0 Å².